The number of pyridine rings is 2. The Labute approximate surface area is 192 Å². The maximum Gasteiger partial charge on any atom is 0.0810 e. The van der Waals surface area contributed by atoms with E-state index in [0.717, 1.165) is 11.4 Å². The molecule has 4 heteroatoms. The van der Waals surface area contributed by atoms with Gasteiger partial charge >= 0.3 is 0 Å². The standard InChI is InChI=1S/C29H22N4/c1-3-13-23-21(11-1)25-27(32-17-19-9-5-7-15-30-19)28(33-18-20-10-6-8-16-31-20)26-22-12-2-4-14-24(22)29(23,25)26/h1-18,25-28H/t25?,26?,27-,28-,29?/m1/s1. The van der Waals surface area contributed by atoms with Gasteiger partial charge in [0, 0.05) is 42.1 Å². The van der Waals surface area contributed by atoms with Crippen LogP contribution in [0.2, 0.25) is 0 Å². The molecule has 1 spiro atoms. The largest absolute Gasteiger partial charge is 0.285 e. The van der Waals surface area contributed by atoms with Crippen molar-refractivity contribution in [1.82, 2.24) is 9.97 Å². The van der Waals surface area contributed by atoms with E-state index in [1.165, 1.54) is 22.3 Å². The average molecular weight is 427 g/mol. The molecule has 0 radical (unpaired) electrons. The van der Waals surface area contributed by atoms with Gasteiger partial charge in [-0.05, 0) is 46.5 Å². The molecular formula is C29H22N4. The van der Waals surface area contributed by atoms with Crippen LogP contribution in [0.25, 0.3) is 0 Å². The lowest BCUT2D eigenvalue weighted by Gasteiger charge is -2.58. The summed E-state index contributed by atoms with van der Waals surface area (Å²) in [5.74, 6) is 0.638. The molecule has 2 aromatic carbocycles. The minimum Gasteiger partial charge on any atom is -0.285 e. The Kier molecular flexibility index (Phi) is 3.98. The predicted octanol–water partition coefficient (Wildman–Crippen LogP) is 4.95. The molecule has 4 atom stereocenters. The third kappa shape index (κ3) is 2.46. The molecule has 2 unspecified atom stereocenters. The van der Waals surface area contributed by atoms with Gasteiger partial charge in [-0.1, -0.05) is 60.7 Å². The Hall–Kier alpha value is -3.92. The van der Waals surface area contributed by atoms with Gasteiger partial charge in [0.25, 0.3) is 0 Å². The monoisotopic (exact) mass is 426 g/mol. The fourth-order valence-electron chi connectivity index (χ4n) is 6.51. The summed E-state index contributed by atoms with van der Waals surface area (Å²) in [4.78, 5) is 19.2. The maximum atomic E-state index is 5.17. The summed E-state index contributed by atoms with van der Waals surface area (Å²) < 4.78 is 0. The van der Waals surface area contributed by atoms with Gasteiger partial charge < -0.3 is 0 Å². The van der Waals surface area contributed by atoms with Crippen molar-refractivity contribution in [3.05, 3.63) is 131 Å². The third-order valence-electron chi connectivity index (χ3n) is 7.63. The van der Waals surface area contributed by atoms with Crippen LogP contribution in [0.1, 0.15) is 45.5 Å². The van der Waals surface area contributed by atoms with Crippen molar-refractivity contribution in [2.45, 2.75) is 29.3 Å². The minimum absolute atomic E-state index is 0.00539. The van der Waals surface area contributed by atoms with Crippen LogP contribution in [-0.4, -0.2) is 34.5 Å². The van der Waals surface area contributed by atoms with Gasteiger partial charge in [-0.3, -0.25) is 20.0 Å². The highest BCUT2D eigenvalue weighted by Crippen LogP contribution is 2.76. The zero-order chi connectivity index (χ0) is 21.8. The van der Waals surface area contributed by atoms with E-state index in [4.69, 9.17) is 9.98 Å². The molecule has 0 bridgehead atoms. The predicted molar refractivity (Wildman–Crippen MR) is 130 cm³/mol. The molecule has 1 fully saturated rings. The Bertz CT molecular complexity index is 1280. The second-order valence-electron chi connectivity index (χ2n) is 9.05. The summed E-state index contributed by atoms with van der Waals surface area (Å²) in [6, 6.07) is 29.7. The van der Waals surface area contributed by atoms with E-state index in [0.29, 0.717) is 11.8 Å². The van der Waals surface area contributed by atoms with Gasteiger partial charge in [-0.25, -0.2) is 0 Å². The number of hydrogen-bond donors (Lipinski definition) is 0. The van der Waals surface area contributed by atoms with Crippen molar-refractivity contribution in [3.8, 4) is 0 Å². The number of aliphatic imine (C=N–C) groups is 2. The third-order valence-corrected chi connectivity index (χ3v) is 7.63. The zero-order valence-corrected chi connectivity index (χ0v) is 18.0. The number of aromatic nitrogens is 2. The first-order valence-electron chi connectivity index (χ1n) is 11.5. The lowest BCUT2D eigenvalue weighted by Crippen LogP contribution is -2.53. The summed E-state index contributed by atoms with van der Waals surface area (Å²) in [7, 11) is 0. The number of hydrogen-bond acceptors (Lipinski definition) is 4. The number of fused-ring (bicyclic) bond motifs is 4. The molecular weight excluding hydrogens is 404 g/mol. The molecule has 2 aromatic heterocycles. The summed E-state index contributed by atoms with van der Waals surface area (Å²) in [6.07, 6.45) is 7.48. The van der Waals surface area contributed by atoms with E-state index in [1.54, 1.807) is 0 Å². The van der Waals surface area contributed by atoms with E-state index >= 15 is 0 Å². The lowest BCUT2D eigenvalue weighted by atomic mass is 9.43. The van der Waals surface area contributed by atoms with E-state index in [1.807, 2.05) is 61.2 Å². The first kappa shape index (κ1) is 18.6. The van der Waals surface area contributed by atoms with Crippen molar-refractivity contribution >= 4 is 12.4 Å². The van der Waals surface area contributed by atoms with Crippen LogP contribution in [0.4, 0.5) is 0 Å². The molecule has 158 valence electrons. The van der Waals surface area contributed by atoms with Crippen LogP contribution in [-0.2, 0) is 5.41 Å². The van der Waals surface area contributed by atoms with Gasteiger partial charge in [0.2, 0.25) is 0 Å². The highest BCUT2D eigenvalue weighted by molar-refractivity contribution is 5.80. The van der Waals surface area contributed by atoms with Crippen molar-refractivity contribution in [2.24, 2.45) is 9.98 Å². The van der Waals surface area contributed by atoms with Gasteiger partial charge in [-0.2, -0.15) is 0 Å². The molecule has 0 N–H and O–H groups in total. The summed E-state index contributed by atoms with van der Waals surface area (Å²) >= 11 is 0. The van der Waals surface area contributed by atoms with Crippen LogP contribution < -0.4 is 0 Å². The van der Waals surface area contributed by atoms with Gasteiger partial charge in [0.05, 0.1) is 23.5 Å². The molecule has 7 rings (SSSR count). The Morgan fingerprint density at radius 3 is 1.48 bits per heavy atom. The second-order valence-corrected chi connectivity index (χ2v) is 9.05. The normalized spacial score (nSPS) is 28.5. The van der Waals surface area contributed by atoms with Crippen LogP contribution >= 0.6 is 0 Å². The van der Waals surface area contributed by atoms with Crippen molar-refractivity contribution in [1.29, 1.82) is 0 Å². The lowest BCUT2D eigenvalue weighted by molar-refractivity contribution is 0.305. The molecule has 1 saturated carbocycles. The SMILES string of the molecule is C(=N[C@@H]1C2c3ccccc3C23c2ccccc2C3[C@H]1N=Cc1ccccn1)c1ccccn1. The van der Waals surface area contributed by atoms with Gasteiger partial charge in [0.1, 0.15) is 0 Å². The molecule has 2 heterocycles. The Morgan fingerprint density at radius 2 is 1.03 bits per heavy atom. The van der Waals surface area contributed by atoms with Crippen molar-refractivity contribution in [3.63, 3.8) is 0 Å². The van der Waals surface area contributed by atoms with E-state index in [9.17, 15) is 0 Å². The second kappa shape index (κ2) is 7.04. The fraction of sp³-hybridized carbons (Fsp3) is 0.172. The smallest absolute Gasteiger partial charge is 0.0810 e. The minimum atomic E-state index is 0.00539. The summed E-state index contributed by atoms with van der Waals surface area (Å²) in [6.45, 7) is 0. The number of rotatable bonds is 4. The van der Waals surface area contributed by atoms with Crippen molar-refractivity contribution in [2.75, 3.05) is 0 Å². The van der Waals surface area contributed by atoms with Gasteiger partial charge in [-0.15, -0.1) is 0 Å². The summed E-state index contributed by atoms with van der Waals surface area (Å²) in [5, 5.41) is 0. The fourth-order valence-corrected chi connectivity index (χ4v) is 6.51. The maximum absolute atomic E-state index is 5.17. The zero-order valence-electron chi connectivity index (χ0n) is 18.0. The number of benzene rings is 2. The van der Waals surface area contributed by atoms with Gasteiger partial charge in [0.15, 0.2) is 0 Å². The van der Waals surface area contributed by atoms with Crippen LogP contribution in [0.15, 0.2) is 107 Å². The van der Waals surface area contributed by atoms with E-state index in [-0.39, 0.29) is 17.5 Å². The molecule has 0 aliphatic heterocycles. The quantitative estimate of drug-likeness (QED) is 0.434. The van der Waals surface area contributed by atoms with Crippen LogP contribution in [0, 0.1) is 0 Å². The number of nitrogens with zero attached hydrogens (tertiary/aromatic N) is 4. The highest BCUT2D eigenvalue weighted by atomic mass is 15.0. The Morgan fingerprint density at radius 1 is 0.576 bits per heavy atom. The first-order valence-corrected chi connectivity index (χ1v) is 11.5. The summed E-state index contributed by atoms with van der Waals surface area (Å²) in [5.41, 5.74) is 7.49. The molecule has 0 amide bonds. The molecule has 3 aliphatic rings. The molecule has 3 aliphatic carbocycles. The Balaban J connectivity index is 1.39. The molecule has 4 nitrogen and oxygen atoms in total. The average Bonchev–Trinajstić information content (AvgIpc) is 3.07. The highest BCUT2D eigenvalue weighted by Gasteiger charge is 2.74. The topological polar surface area (TPSA) is 50.5 Å². The molecule has 33 heavy (non-hydrogen) atoms. The van der Waals surface area contributed by atoms with E-state index in [2.05, 4.69) is 58.5 Å². The van der Waals surface area contributed by atoms with Crippen LogP contribution in [0.5, 0.6) is 0 Å². The molecule has 0 saturated heterocycles. The van der Waals surface area contributed by atoms with Crippen LogP contribution in [0.3, 0.4) is 0 Å². The van der Waals surface area contributed by atoms with Crippen molar-refractivity contribution < 1.29 is 0 Å². The molecule has 4 aromatic rings. The van der Waals surface area contributed by atoms with E-state index < -0.39 is 0 Å². The first-order chi connectivity index (χ1) is 16.4.